The summed E-state index contributed by atoms with van der Waals surface area (Å²) in [5, 5.41) is 35.9. The molecule has 0 saturated carbocycles. The molecule has 0 heterocycles. The molecule has 242 valence electrons. The zero-order valence-corrected chi connectivity index (χ0v) is 23.9. The number of ether oxygens (including phenoxy) is 1. The molecule has 0 spiro atoms. The van der Waals surface area contributed by atoms with Gasteiger partial charge >= 0.3 is 24.0 Å². The fourth-order valence-electron chi connectivity index (χ4n) is 3.66. The van der Waals surface area contributed by atoms with E-state index in [1.54, 1.807) is 30.3 Å². The third-order valence-electron chi connectivity index (χ3n) is 5.94. The number of benzene rings is 1. The third kappa shape index (κ3) is 13.7. The maximum atomic E-state index is 13.1. The Morgan fingerprint density at radius 2 is 1.27 bits per heavy atom. The summed E-state index contributed by atoms with van der Waals surface area (Å²) in [6.07, 6.45) is -4.21. The van der Waals surface area contributed by atoms with Gasteiger partial charge in [0.2, 0.25) is 17.7 Å². The van der Waals surface area contributed by atoms with Gasteiger partial charge in [0.1, 0.15) is 37.4 Å². The van der Waals surface area contributed by atoms with E-state index >= 15 is 0 Å². The molecule has 0 aliphatic carbocycles. The molecule has 0 aliphatic heterocycles. The van der Waals surface area contributed by atoms with Gasteiger partial charge in [0, 0.05) is 6.42 Å². The number of carbonyl (C=O) groups is 8. The smallest absolute Gasteiger partial charge is 0.408 e. The Bertz CT molecular complexity index is 1210. The minimum atomic E-state index is -1.76. The Morgan fingerprint density at radius 3 is 1.80 bits per heavy atom. The van der Waals surface area contributed by atoms with Crippen LogP contribution >= 0.6 is 0 Å². The van der Waals surface area contributed by atoms with Crippen LogP contribution in [0.2, 0.25) is 0 Å². The van der Waals surface area contributed by atoms with Crippen molar-refractivity contribution in [3.05, 3.63) is 35.9 Å². The Balaban J connectivity index is 3.08. The molecule has 0 radical (unpaired) electrons. The third-order valence-corrected chi connectivity index (χ3v) is 5.94. The van der Waals surface area contributed by atoms with E-state index in [2.05, 4.69) is 21.3 Å². The molecule has 0 fully saturated rings. The second-order valence-corrected chi connectivity index (χ2v) is 9.84. The minimum Gasteiger partial charge on any atom is -0.481 e. The first kappa shape index (κ1) is 36.9. The fourth-order valence-corrected chi connectivity index (χ4v) is 3.66. The molecule has 44 heavy (non-hydrogen) atoms. The van der Waals surface area contributed by atoms with Crippen LogP contribution in [0.15, 0.2) is 30.3 Å². The standard InChI is InChI=1S/C27H35FN4O12/c1-14(2)23(26(42)30-17(10-21(36)37)19(33)12-28)32-24(40)16(8-9-20(34)35)29-25(41)18(11-22(38)39)31-27(43)44-13-15-6-4-3-5-7-15/h3-7,14,16-18,23H,8-13H2,1-2H3,(H,29,41)(H,30,42)(H,31,43)(H,32,40)(H,34,35)(H,36,37)(H,38,39). The molecule has 4 unspecified atom stereocenters. The van der Waals surface area contributed by atoms with Crippen molar-refractivity contribution in [3.8, 4) is 0 Å². The van der Waals surface area contributed by atoms with Crippen LogP contribution in [0.4, 0.5) is 9.18 Å². The number of amides is 4. The predicted molar refractivity (Wildman–Crippen MR) is 147 cm³/mol. The lowest BCUT2D eigenvalue weighted by atomic mass is 10.0. The van der Waals surface area contributed by atoms with Gasteiger partial charge in [-0.2, -0.15) is 0 Å². The number of carboxylic acid groups (broad SMARTS) is 3. The lowest BCUT2D eigenvalue weighted by molar-refractivity contribution is -0.142. The van der Waals surface area contributed by atoms with Crippen molar-refractivity contribution in [3.63, 3.8) is 0 Å². The maximum Gasteiger partial charge on any atom is 0.408 e. The van der Waals surface area contributed by atoms with Crippen LogP contribution in [0, 0.1) is 5.92 Å². The number of alkyl halides is 1. The molecule has 1 aromatic carbocycles. The summed E-state index contributed by atoms with van der Waals surface area (Å²) in [5.41, 5.74) is 0.597. The molecule has 0 aromatic heterocycles. The summed E-state index contributed by atoms with van der Waals surface area (Å²) in [6.45, 7) is 1.16. The van der Waals surface area contributed by atoms with Crippen LogP contribution < -0.4 is 21.3 Å². The summed E-state index contributed by atoms with van der Waals surface area (Å²) in [7, 11) is 0. The molecule has 0 bridgehead atoms. The molecular formula is C27H35FN4O12. The van der Waals surface area contributed by atoms with Crippen molar-refractivity contribution in [1.29, 1.82) is 0 Å². The zero-order chi connectivity index (χ0) is 33.4. The summed E-state index contributed by atoms with van der Waals surface area (Å²) in [6, 6.07) is 1.78. The van der Waals surface area contributed by atoms with Crippen LogP contribution in [0.1, 0.15) is 45.1 Å². The molecule has 16 nitrogen and oxygen atoms in total. The average molecular weight is 627 g/mol. The Hall–Kier alpha value is -5.09. The number of halogens is 1. The van der Waals surface area contributed by atoms with Gasteiger partial charge in [-0.05, 0) is 17.9 Å². The number of carboxylic acids is 3. The van der Waals surface area contributed by atoms with Gasteiger partial charge in [-0.15, -0.1) is 0 Å². The van der Waals surface area contributed by atoms with Crippen LogP contribution in [0.3, 0.4) is 0 Å². The molecule has 7 N–H and O–H groups in total. The fraction of sp³-hybridized carbons (Fsp3) is 0.481. The molecule has 0 saturated heterocycles. The van der Waals surface area contributed by atoms with E-state index in [1.165, 1.54) is 13.8 Å². The number of nitrogens with one attached hydrogen (secondary N) is 4. The lowest BCUT2D eigenvalue weighted by Gasteiger charge is -2.27. The van der Waals surface area contributed by atoms with E-state index in [0.29, 0.717) is 5.56 Å². The summed E-state index contributed by atoms with van der Waals surface area (Å²) >= 11 is 0. The van der Waals surface area contributed by atoms with Crippen molar-refractivity contribution < 1.29 is 62.8 Å². The van der Waals surface area contributed by atoms with Crippen molar-refractivity contribution in [1.82, 2.24) is 21.3 Å². The highest BCUT2D eigenvalue weighted by atomic mass is 19.1. The SMILES string of the molecule is CC(C)C(NC(=O)C(CCC(=O)O)NC(=O)C(CC(=O)O)NC(=O)OCc1ccccc1)C(=O)NC(CC(=O)O)C(=O)CF. The topological polar surface area (TPSA) is 255 Å². The number of rotatable bonds is 19. The maximum absolute atomic E-state index is 13.1. The van der Waals surface area contributed by atoms with Gasteiger partial charge in [-0.25, -0.2) is 9.18 Å². The van der Waals surface area contributed by atoms with Gasteiger partial charge in [0.25, 0.3) is 0 Å². The number of hydrogen-bond donors (Lipinski definition) is 7. The monoisotopic (exact) mass is 626 g/mol. The Morgan fingerprint density at radius 1 is 0.727 bits per heavy atom. The second kappa shape index (κ2) is 18.4. The van der Waals surface area contributed by atoms with Crippen molar-refractivity contribution in [2.75, 3.05) is 6.67 Å². The minimum absolute atomic E-state index is 0.208. The predicted octanol–water partition coefficient (Wildman–Crippen LogP) is -0.255. The highest BCUT2D eigenvalue weighted by molar-refractivity contribution is 5.97. The van der Waals surface area contributed by atoms with Crippen molar-refractivity contribution in [2.45, 2.75) is 70.3 Å². The van der Waals surface area contributed by atoms with Crippen molar-refractivity contribution >= 4 is 47.5 Å². The van der Waals surface area contributed by atoms with Crippen LogP contribution in [0.5, 0.6) is 0 Å². The molecular weight excluding hydrogens is 591 g/mol. The van der Waals surface area contributed by atoms with E-state index in [0.717, 1.165) is 0 Å². The van der Waals surface area contributed by atoms with E-state index in [-0.39, 0.29) is 6.61 Å². The number of ketones is 1. The van der Waals surface area contributed by atoms with E-state index in [9.17, 15) is 47.9 Å². The lowest BCUT2D eigenvalue weighted by Crippen LogP contribution is -2.59. The van der Waals surface area contributed by atoms with E-state index in [1.807, 2.05) is 0 Å². The summed E-state index contributed by atoms with van der Waals surface area (Å²) < 4.78 is 17.9. The molecule has 1 rings (SSSR count). The van der Waals surface area contributed by atoms with Gasteiger partial charge in [0.15, 0.2) is 5.78 Å². The number of hydrogen-bond acceptors (Lipinski definition) is 9. The van der Waals surface area contributed by atoms with Gasteiger partial charge < -0.3 is 41.3 Å². The highest BCUT2D eigenvalue weighted by Gasteiger charge is 2.34. The molecule has 0 aliphatic rings. The van der Waals surface area contributed by atoms with E-state index < -0.39 is 110 Å². The quantitative estimate of drug-likeness (QED) is 0.105. The normalized spacial score (nSPS) is 13.4. The van der Waals surface area contributed by atoms with Crippen LogP contribution in [-0.4, -0.2) is 93.7 Å². The largest absolute Gasteiger partial charge is 0.481 e. The number of Topliss-reactive ketones (excluding diaryl/α,β-unsaturated/α-hetero) is 1. The van der Waals surface area contributed by atoms with Crippen LogP contribution in [-0.2, 0) is 44.9 Å². The second-order valence-electron chi connectivity index (χ2n) is 9.84. The average Bonchev–Trinajstić information content (AvgIpc) is 2.95. The Kier molecular flexibility index (Phi) is 15.5. The van der Waals surface area contributed by atoms with Gasteiger partial charge in [0.05, 0.1) is 12.8 Å². The summed E-state index contributed by atoms with van der Waals surface area (Å²) in [5.74, 6) is -9.64. The molecule has 4 amide bonds. The number of carbonyl (C=O) groups excluding carboxylic acids is 5. The van der Waals surface area contributed by atoms with Crippen LogP contribution in [0.25, 0.3) is 0 Å². The Labute approximate surface area is 250 Å². The molecule has 4 atom stereocenters. The number of alkyl carbamates (subject to hydrolysis) is 1. The first-order valence-corrected chi connectivity index (χ1v) is 13.3. The van der Waals surface area contributed by atoms with E-state index in [4.69, 9.17) is 14.9 Å². The number of aliphatic carboxylic acids is 3. The zero-order valence-electron chi connectivity index (χ0n) is 23.9. The first-order valence-electron chi connectivity index (χ1n) is 13.3. The van der Waals surface area contributed by atoms with Gasteiger partial charge in [-0.3, -0.25) is 33.6 Å². The van der Waals surface area contributed by atoms with Gasteiger partial charge in [-0.1, -0.05) is 44.2 Å². The first-order chi connectivity index (χ1) is 20.6. The summed E-state index contributed by atoms with van der Waals surface area (Å²) in [4.78, 5) is 96.6. The van der Waals surface area contributed by atoms with Crippen molar-refractivity contribution in [2.24, 2.45) is 5.92 Å². The molecule has 17 heteroatoms. The molecule has 1 aromatic rings. The highest BCUT2D eigenvalue weighted by Crippen LogP contribution is 2.08.